The standard InChI is InChI=1S/C6H5F2NO.ClH/c7-5-2-1-4(10-9)3-6(5)8;/h1-3H,9H2;1H. The Labute approximate surface area is 68.3 Å². The molecule has 62 valence electrons. The fourth-order valence-corrected chi connectivity index (χ4v) is 0.550. The highest BCUT2D eigenvalue weighted by atomic mass is 35.5. The van der Waals surface area contributed by atoms with Crippen molar-refractivity contribution in [3.8, 4) is 5.75 Å². The summed E-state index contributed by atoms with van der Waals surface area (Å²) in [5.41, 5.74) is 0. The summed E-state index contributed by atoms with van der Waals surface area (Å²) in [6.45, 7) is 0. The second-order valence-corrected chi connectivity index (χ2v) is 1.69. The van der Waals surface area contributed by atoms with E-state index in [1.165, 1.54) is 6.07 Å². The molecule has 0 aliphatic carbocycles. The van der Waals surface area contributed by atoms with Crippen LogP contribution in [-0.2, 0) is 0 Å². The van der Waals surface area contributed by atoms with E-state index < -0.39 is 11.6 Å². The highest BCUT2D eigenvalue weighted by Crippen LogP contribution is 2.13. The fourth-order valence-electron chi connectivity index (χ4n) is 0.550. The molecule has 1 aromatic carbocycles. The Morgan fingerprint density at radius 1 is 1.18 bits per heavy atom. The topological polar surface area (TPSA) is 35.2 Å². The van der Waals surface area contributed by atoms with E-state index in [1.807, 2.05) is 0 Å². The average molecular weight is 182 g/mol. The summed E-state index contributed by atoms with van der Waals surface area (Å²) in [5.74, 6) is 2.89. The average Bonchev–Trinajstić information content (AvgIpc) is 1.95. The molecular weight excluding hydrogens is 176 g/mol. The highest BCUT2D eigenvalue weighted by molar-refractivity contribution is 5.85. The zero-order valence-electron chi connectivity index (χ0n) is 5.38. The number of rotatable bonds is 1. The molecule has 2 nitrogen and oxygen atoms in total. The maximum atomic E-state index is 12.3. The smallest absolute Gasteiger partial charge is 0.162 e. The third-order valence-electron chi connectivity index (χ3n) is 1.03. The Morgan fingerprint density at radius 3 is 2.27 bits per heavy atom. The molecule has 0 unspecified atom stereocenters. The molecule has 1 aromatic rings. The van der Waals surface area contributed by atoms with Crippen LogP contribution in [0.4, 0.5) is 8.78 Å². The Balaban J connectivity index is 0.000001000. The quantitative estimate of drug-likeness (QED) is 0.669. The van der Waals surface area contributed by atoms with Crippen LogP contribution < -0.4 is 10.7 Å². The largest absolute Gasteiger partial charge is 0.411 e. The molecule has 0 heterocycles. The van der Waals surface area contributed by atoms with Gasteiger partial charge >= 0.3 is 0 Å². The third-order valence-corrected chi connectivity index (χ3v) is 1.03. The predicted octanol–water partition coefficient (Wildman–Crippen LogP) is 1.64. The summed E-state index contributed by atoms with van der Waals surface area (Å²) < 4.78 is 24.4. The Hall–Kier alpha value is -0.870. The van der Waals surface area contributed by atoms with E-state index in [-0.39, 0.29) is 18.2 Å². The summed E-state index contributed by atoms with van der Waals surface area (Å²) in [6.07, 6.45) is 0. The number of hydrogen-bond acceptors (Lipinski definition) is 2. The molecule has 5 heteroatoms. The van der Waals surface area contributed by atoms with Crippen LogP contribution in [-0.4, -0.2) is 0 Å². The maximum Gasteiger partial charge on any atom is 0.162 e. The van der Waals surface area contributed by atoms with Gasteiger partial charge in [-0.05, 0) is 12.1 Å². The maximum absolute atomic E-state index is 12.3. The van der Waals surface area contributed by atoms with E-state index in [0.29, 0.717) is 0 Å². The van der Waals surface area contributed by atoms with Gasteiger partial charge in [-0.1, -0.05) is 0 Å². The molecule has 2 N–H and O–H groups in total. The van der Waals surface area contributed by atoms with Crippen molar-refractivity contribution in [1.29, 1.82) is 0 Å². The normalized spacial score (nSPS) is 8.64. The first-order valence-corrected chi connectivity index (χ1v) is 2.56. The summed E-state index contributed by atoms with van der Waals surface area (Å²) >= 11 is 0. The lowest BCUT2D eigenvalue weighted by Gasteiger charge is -1.96. The van der Waals surface area contributed by atoms with Gasteiger partial charge < -0.3 is 4.84 Å². The van der Waals surface area contributed by atoms with E-state index in [0.717, 1.165) is 12.1 Å². The van der Waals surface area contributed by atoms with Crippen molar-refractivity contribution in [3.05, 3.63) is 29.8 Å². The van der Waals surface area contributed by atoms with Crippen LogP contribution in [0.5, 0.6) is 5.75 Å². The molecule has 1 rings (SSSR count). The minimum absolute atomic E-state index is 0. The van der Waals surface area contributed by atoms with E-state index in [4.69, 9.17) is 0 Å². The minimum Gasteiger partial charge on any atom is -0.411 e. The van der Waals surface area contributed by atoms with Gasteiger partial charge in [0.15, 0.2) is 11.6 Å². The number of nitrogens with two attached hydrogens (primary N) is 1. The van der Waals surface area contributed by atoms with Gasteiger partial charge in [0.1, 0.15) is 5.75 Å². The van der Waals surface area contributed by atoms with E-state index >= 15 is 0 Å². The third kappa shape index (κ3) is 2.32. The van der Waals surface area contributed by atoms with Gasteiger partial charge in [0.05, 0.1) is 0 Å². The second kappa shape index (κ2) is 4.10. The monoisotopic (exact) mass is 181 g/mol. The lowest BCUT2D eigenvalue weighted by atomic mass is 10.3. The van der Waals surface area contributed by atoms with Gasteiger partial charge in [-0.3, -0.25) is 0 Å². The van der Waals surface area contributed by atoms with Crippen LogP contribution in [0.3, 0.4) is 0 Å². The molecule has 0 aromatic heterocycles. The van der Waals surface area contributed by atoms with Gasteiger partial charge in [-0.15, -0.1) is 12.4 Å². The van der Waals surface area contributed by atoms with Crippen molar-refractivity contribution in [2.24, 2.45) is 5.90 Å². The van der Waals surface area contributed by atoms with Crippen molar-refractivity contribution < 1.29 is 13.6 Å². The molecule has 0 aliphatic heterocycles. The van der Waals surface area contributed by atoms with Gasteiger partial charge in [0.2, 0.25) is 0 Å². The first-order chi connectivity index (χ1) is 4.74. The van der Waals surface area contributed by atoms with Crippen molar-refractivity contribution in [1.82, 2.24) is 0 Å². The molecule has 0 amide bonds. The molecular formula is C6H6ClF2NO. The summed E-state index contributed by atoms with van der Waals surface area (Å²) in [4.78, 5) is 4.14. The molecule has 11 heavy (non-hydrogen) atoms. The van der Waals surface area contributed by atoms with Crippen LogP contribution in [0.15, 0.2) is 18.2 Å². The lowest BCUT2D eigenvalue weighted by Crippen LogP contribution is -2.02. The van der Waals surface area contributed by atoms with E-state index in [1.54, 1.807) is 0 Å². The van der Waals surface area contributed by atoms with Crippen molar-refractivity contribution in [2.45, 2.75) is 0 Å². The van der Waals surface area contributed by atoms with Crippen molar-refractivity contribution in [2.75, 3.05) is 0 Å². The Bertz CT molecular complexity index is 244. The Kier molecular flexibility index (Phi) is 3.78. The lowest BCUT2D eigenvalue weighted by molar-refractivity contribution is 0.330. The number of halogens is 3. The van der Waals surface area contributed by atoms with Crippen LogP contribution in [0.25, 0.3) is 0 Å². The first kappa shape index (κ1) is 10.1. The molecule has 0 radical (unpaired) electrons. The summed E-state index contributed by atoms with van der Waals surface area (Å²) in [5, 5.41) is 0. The fraction of sp³-hybridized carbons (Fsp3) is 0. The van der Waals surface area contributed by atoms with E-state index in [2.05, 4.69) is 10.7 Å². The molecule has 0 saturated heterocycles. The van der Waals surface area contributed by atoms with Crippen molar-refractivity contribution >= 4 is 12.4 Å². The summed E-state index contributed by atoms with van der Waals surface area (Å²) in [6, 6.07) is 3.05. The van der Waals surface area contributed by atoms with Gasteiger partial charge in [0.25, 0.3) is 0 Å². The molecule has 0 fully saturated rings. The Morgan fingerprint density at radius 2 is 1.82 bits per heavy atom. The summed E-state index contributed by atoms with van der Waals surface area (Å²) in [7, 11) is 0. The van der Waals surface area contributed by atoms with Crippen LogP contribution in [0.2, 0.25) is 0 Å². The zero-order chi connectivity index (χ0) is 7.56. The zero-order valence-corrected chi connectivity index (χ0v) is 6.20. The van der Waals surface area contributed by atoms with Crippen LogP contribution in [0, 0.1) is 11.6 Å². The molecule has 0 spiro atoms. The van der Waals surface area contributed by atoms with E-state index in [9.17, 15) is 8.78 Å². The highest BCUT2D eigenvalue weighted by Gasteiger charge is 2.01. The van der Waals surface area contributed by atoms with Gasteiger partial charge in [-0.25, -0.2) is 8.78 Å². The van der Waals surface area contributed by atoms with Gasteiger partial charge in [0, 0.05) is 6.07 Å². The van der Waals surface area contributed by atoms with Crippen LogP contribution >= 0.6 is 12.4 Å². The number of hydrogen-bond donors (Lipinski definition) is 1. The molecule has 0 bridgehead atoms. The molecule has 0 aliphatic rings. The first-order valence-electron chi connectivity index (χ1n) is 2.56. The van der Waals surface area contributed by atoms with Gasteiger partial charge in [-0.2, -0.15) is 5.90 Å². The number of benzene rings is 1. The minimum atomic E-state index is -0.969. The second-order valence-electron chi connectivity index (χ2n) is 1.69. The van der Waals surface area contributed by atoms with Crippen molar-refractivity contribution in [3.63, 3.8) is 0 Å². The van der Waals surface area contributed by atoms with Crippen LogP contribution in [0.1, 0.15) is 0 Å². The molecule has 0 atom stereocenters. The SMILES string of the molecule is Cl.NOc1ccc(F)c(F)c1. The molecule has 0 saturated carbocycles. The predicted molar refractivity (Wildman–Crippen MR) is 38.4 cm³/mol.